The lowest BCUT2D eigenvalue weighted by Crippen LogP contribution is -2.46. The van der Waals surface area contributed by atoms with Gasteiger partial charge in [0.2, 0.25) is 5.91 Å². The molecular weight excluding hydrogens is 592 g/mol. The molecule has 0 aliphatic carbocycles. The van der Waals surface area contributed by atoms with Crippen molar-refractivity contribution in [1.29, 1.82) is 5.41 Å². The van der Waals surface area contributed by atoms with E-state index in [0.29, 0.717) is 40.5 Å². The number of anilines is 1. The van der Waals surface area contributed by atoms with Gasteiger partial charge in [0, 0.05) is 24.6 Å². The van der Waals surface area contributed by atoms with Gasteiger partial charge in [-0.05, 0) is 65.2 Å². The van der Waals surface area contributed by atoms with Crippen molar-refractivity contribution in [1.82, 2.24) is 5.32 Å². The summed E-state index contributed by atoms with van der Waals surface area (Å²) in [5.74, 6) is -1.75. The zero-order chi connectivity index (χ0) is 33.1. The largest absolute Gasteiger partial charge is 0.508 e. The number of methoxy groups -OCH3 is 1. The van der Waals surface area contributed by atoms with Crippen molar-refractivity contribution in [3.63, 3.8) is 0 Å². The van der Waals surface area contributed by atoms with Crippen molar-refractivity contribution in [2.75, 3.05) is 12.4 Å². The summed E-state index contributed by atoms with van der Waals surface area (Å²) in [5.41, 5.74) is 8.63. The maximum atomic E-state index is 14.0. The number of amides is 1. The van der Waals surface area contributed by atoms with Gasteiger partial charge in [-0.25, -0.2) is 19.4 Å². The number of amidine groups is 1. The van der Waals surface area contributed by atoms with Crippen LogP contribution in [-0.4, -0.2) is 41.9 Å². The lowest BCUT2D eigenvalue weighted by molar-refractivity contribution is -0.258. The van der Waals surface area contributed by atoms with E-state index in [1.165, 1.54) is 19.2 Å². The van der Waals surface area contributed by atoms with Crippen LogP contribution < -0.4 is 25.8 Å². The zero-order valence-electron chi connectivity index (χ0n) is 25.2. The van der Waals surface area contributed by atoms with E-state index >= 15 is 0 Å². The van der Waals surface area contributed by atoms with Crippen LogP contribution in [0, 0.1) is 5.41 Å². The minimum Gasteiger partial charge on any atom is -0.508 e. The second-order valence-corrected chi connectivity index (χ2v) is 10.2. The number of phenolic OH excluding ortho intramolecular Hbond substituents is 1. The molecular formula is C34H34N4O8. The van der Waals surface area contributed by atoms with E-state index < -0.39 is 29.9 Å². The molecule has 0 aromatic heterocycles. The Morgan fingerprint density at radius 3 is 2.20 bits per heavy atom. The van der Waals surface area contributed by atoms with E-state index in [1.807, 2.05) is 30.3 Å². The Kier molecular flexibility index (Phi) is 11.2. The van der Waals surface area contributed by atoms with E-state index in [-0.39, 0.29) is 18.0 Å². The van der Waals surface area contributed by atoms with E-state index in [9.17, 15) is 19.5 Å². The highest BCUT2D eigenvalue weighted by Gasteiger charge is 2.30. The molecule has 0 fully saturated rings. The molecule has 4 aromatic carbocycles. The maximum absolute atomic E-state index is 14.0. The summed E-state index contributed by atoms with van der Waals surface area (Å²) in [7, 11) is 1.48. The minimum absolute atomic E-state index is 0.0250. The summed E-state index contributed by atoms with van der Waals surface area (Å²) >= 11 is 0. The standard InChI is InChI=1S/C34H34N4O8/c1-21(39)45-46-34(42)28(18-22-8-15-27(40)16-9-22)38-33(41)31(37-26-13-10-24(11-14-26)32(35)36)25-12-17-29(30(19-25)43-2)44-20-23-6-4-3-5-7-23/h3-17,19,28,31,37,40H,18,20H2,1-2H3,(H3,35,36)(H,38,41)/t28-,31+/m0/s1. The summed E-state index contributed by atoms with van der Waals surface area (Å²) in [4.78, 5) is 47.3. The second kappa shape index (κ2) is 15.6. The van der Waals surface area contributed by atoms with E-state index in [0.717, 1.165) is 12.5 Å². The van der Waals surface area contributed by atoms with Crippen molar-refractivity contribution in [2.24, 2.45) is 5.73 Å². The molecule has 0 saturated carbocycles. The van der Waals surface area contributed by atoms with Crippen LogP contribution in [0.1, 0.15) is 35.2 Å². The van der Waals surface area contributed by atoms with Crippen molar-refractivity contribution < 1.29 is 38.7 Å². The fourth-order valence-corrected chi connectivity index (χ4v) is 4.41. The molecule has 0 aliphatic heterocycles. The van der Waals surface area contributed by atoms with Gasteiger partial charge in [0.25, 0.3) is 0 Å². The molecule has 4 aromatic rings. The predicted molar refractivity (Wildman–Crippen MR) is 169 cm³/mol. The first-order valence-corrected chi connectivity index (χ1v) is 14.2. The number of ether oxygens (including phenoxy) is 2. The highest BCUT2D eigenvalue weighted by Crippen LogP contribution is 2.32. The monoisotopic (exact) mass is 626 g/mol. The quantitative estimate of drug-likeness (QED) is 0.0625. The zero-order valence-corrected chi connectivity index (χ0v) is 25.2. The number of carbonyl (C=O) groups is 3. The first kappa shape index (κ1) is 32.9. The van der Waals surface area contributed by atoms with Gasteiger partial charge in [-0.3, -0.25) is 10.2 Å². The van der Waals surface area contributed by atoms with Gasteiger partial charge in [0.15, 0.2) is 11.5 Å². The van der Waals surface area contributed by atoms with Crippen LogP contribution in [-0.2, 0) is 37.2 Å². The highest BCUT2D eigenvalue weighted by atomic mass is 17.2. The first-order chi connectivity index (χ1) is 22.1. The number of carbonyl (C=O) groups excluding carboxylic acids is 3. The van der Waals surface area contributed by atoms with E-state index in [2.05, 4.69) is 20.4 Å². The van der Waals surface area contributed by atoms with Crippen LogP contribution in [0.3, 0.4) is 0 Å². The lowest BCUT2D eigenvalue weighted by atomic mass is 10.0. The van der Waals surface area contributed by atoms with Gasteiger partial charge >= 0.3 is 11.9 Å². The smallest absolute Gasteiger partial charge is 0.377 e. The molecule has 46 heavy (non-hydrogen) atoms. The number of hydrogen-bond acceptors (Lipinski definition) is 10. The summed E-state index contributed by atoms with van der Waals surface area (Å²) in [6.07, 6.45) is -0.0399. The molecule has 12 heteroatoms. The Labute approximate surface area is 265 Å². The lowest BCUT2D eigenvalue weighted by Gasteiger charge is -2.24. The molecule has 238 valence electrons. The molecule has 0 aliphatic rings. The number of rotatable bonds is 13. The van der Waals surface area contributed by atoms with Crippen molar-refractivity contribution in [3.05, 3.63) is 119 Å². The third kappa shape index (κ3) is 9.23. The minimum atomic E-state index is -1.28. The van der Waals surface area contributed by atoms with Gasteiger partial charge < -0.3 is 30.9 Å². The maximum Gasteiger partial charge on any atom is 0.377 e. The number of aromatic hydroxyl groups is 1. The van der Waals surface area contributed by atoms with E-state index in [1.54, 1.807) is 54.6 Å². The molecule has 4 rings (SSSR count). The third-order valence-corrected chi connectivity index (χ3v) is 6.75. The molecule has 6 N–H and O–H groups in total. The molecule has 0 unspecified atom stereocenters. The van der Waals surface area contributed by atoms with Crippen LogP contribution in [0.25, 0.3) is 0 Å². The van der Waals surface area contributed by atoms with Gasteiger partial charge in [0.1, 0.15) is 30.3 Å². The number of nitrogens with two attached hydrogens (primary N) is 1. The Balaban J connectivity index is 1.64. The number of nitrogen functional groups attached to an aromatic ring is 1. The average Bonchev–Trinajstić information content (AvgIpc) is 3.06. The fraction of sp³-hybridized carbons (Fsp3) is 0.176. The molecule has 2 atom stereocenters. The van der Waals surface area contributed by atoms with Gasteiger partial charge in [-0.1, -0.05) is 48.5 Å². The summed E-state index contributed by atoms with van der Waals surface area (Å²) in [6, 6.07) is 24.9. The van der Waals surface area contributed by atoms with Gasteiger partial charge in [-0.2, -0.15) is 0 Å². The van der Waals surface area contributed by atoms with E-state index in [4.69, 9.17) is 20.6 Å². The molecule has 1 amide bonds. The second-order valence-electron chi connectivity index (χ2n) is 10.2. The Morgan fingerprint density at radius 1 is 0.870 bits per heavy atom. The molecule has 0 bridgehead atoms. The summed E-state index contributed by atoms with van der Waals surface area (Å²) in [6.45, 7) is 1.36. The molecule has 12 nitrogen and oxygen atoms in total. The number of nitrogens with one attached hydrogen (secondary N) is 3. The van der Waals surface area contributed by atoms with Gasteiger partial charge in [0.05, 0.1) is 7.11 Å². The topological polar surface area (TPSA) is 182 Å². The Bertz CT molecular complexity index is 1660. The van der Waals surface area contributed by atoms with Crippen LogP contribution in [0.15, 0.2) is 97.1 Å². The van der Waals surface area contributed by atoms with Crippen LogP contribution in [0.5, 0.6) is 17.2 Å². The number of benzene rings is 4. The van der Waals surface area contributed by atoms with Crippen molar-refractivity contribution in [2.45, 2.75) is 32.0 Å². The third-order valence-electron chi connectivity index (χ3n) is 6.75. The SMILES string of the molecule is COc1cc([C@@H](Nc2ccc(C(=N)N)cc2)C(=O)N[C@@H](Cc2ccc(O)cc2)C(=O)OOC(C)=O)ccc1OCc1ccccc1. The van der Waals surface area contributed by atoms with Crippen LogP contribution >= 0.6 is 0 Å². The molecule has 0 heterocycles. The van der Waals surface area contributed by atoms with Crippen molar-refractivity contribution >= 4 is 29.4 Å². The van der Waals surface area contributed by atoms with Crippen LogP contribution in [0.4, 0.5) is 5.69 Å². The summed E-state index contributed by atoms with van der Waals surface area (Å²) < 4.78 is 11.6. The normalized spacial score (nSPS) is 11.8. The fourth-order valence-electron chi connectivity index (χ4n) is 4.41. The van der Waals surface area contributed by atoms with Crippen LogP contribution in [0.2, 0.25) is 0 Å². The predicted octanol–water partition coefficient (Wildman–Crippen LogP) is 4.17. The first-order valence-electron chi connectivity index (χ1n) is 14.2. The van der Waals surface area contributed by atoms with Gasteiger partial charge in [-0.15, -0.1) is 0 Å². The number of phenols is 1. The molecule has 0 saturated heterocycles. The highest BCUT2D eigenvalue weighted by molar-refractivity contribution is 5.95. The van der Waals surface area contributed by atoms with Crippen molar-refractivity contribution in [3.8, 4) is 17.2 Å². The number of hydrogen-bond donors (Lipinski definition) is 5. The Hall–Kier alpha value is -6.04. The summed E-state index contributed by atoms with van der Waals surface area (Å²) in [5, 5.41) is 23.2. The molecule has 0 radical (unpaired) electrons. The average molecular weight is 627 g/mol. The molecule has 0 spiro atoms. The Morgan fingerprint density at radius 2 is 1.57 bits per heavy atom.